The summed E-state index contributed by atoms with van der Waals surface area (Å²) in [5.41, 5.74) is 6.45. The molecule has 1 nitrogen and oxygen atoms in total. The van der Waals surface area contributed by atoms with E-state index in [0.29, 0.717) is 6.61 Å². The minimum Gasteiger partial charge on any atom is -0.488 e. The molecule has 122 valence electrons. The van der Waals surface area contributed by atoms with Gasteiger partial charge in [-0.1, -0.05) is 48.9 Å². The molecule has 0 radical (unpaired) electrons. The number of hydrogen-bond acceptors (Lipinski definition) is 1. The van der Waals surface area contributed by atoms with Crippen LogP contribution >= 0.6 is 0 Å². The maximum atomic E-state index is 6.11. The highest BCUT2D eigenvalue weighted by Gasteiger charge is 2.19. The van der Waals surface area contributed by atoms with E-state index in [1.807, 2.05) is 0 Å². The average molecular weight is 324 g/mol. The van der Waals surface area contributed by atoms with Crippen molar-refractivity contribution in [3.05, 3.63) is 77.4 Å². The lowest BCUT2D eigenvalue weighted by molar-refractivity contribution is 0.303. The van der Waals surface area contributed by atoms with Gasteiger partial charge in [0.05, 0.1) is 0 Å². The SMILES string of the molecule is CCc1ccc2cc3c(cc2c1)OCc1cc2cc(C)ccc2cc1-3. The van der Waals surface area contributed by atoms with E-state index in [0.717, 1.165) is 12.2 Å². The van der Waals surface area contributed by atoms with E-state index in [2.05, 4.69) is 74.5 Å². The minimum atomic E-state index is 0.644. The van der Waals surface area contributed by atoms with Crippen molar-refractivity contribution >= 4 is 21.5 Å². The smallest absolute Gasteiger partial charge is 0.128 e. The molecule has 0 spiro atoms. The highest BCUT2D eigenvalue weighted by atomic mass is 16.5. The molecule has 0 N–H and O–H groups in total. The summed E-state index contributed by atoms with van der Waals surface area (Å²) in [5.74, 6) is 1.000. The van der Waals surface area contributed by atoms with Crippen molar-refractivity contribution in [2.75, 3.05) is 0 Å². The number of fused-ring (bicyclic) bond motifs is 5. The van der Waals surface area contributed by atoms with Crippen LogP contribution in [0.15, 0.2) is 60.7 Å². The van der Waals surface area contributed by atoms with Crippen LogP contribution in [0.4, 0.5) is 0 Å². The first-order chi connectivity index (χ1) is 12.2. The number of hydrogen-bond donors (Lipinski definition) is 0. The molecule has 4 aromatic rings. The molecule has 4 aromatic carbocycles. The third-order valence-electron chi connectivity index (χ3n) is 5.30. The van der Waals surface area contributed by atoms with Crippen LogP contribution in [-0.2, 0) is 13.0 Å². The molecule has 0 saturated carbocycles. The quantitative estimate of drug-likeness (QED) is 0.392. The summed E-state index contributed by atoms with van der Waals surface area (Å²) in [6.07, 6.45) is 1.06. The zero-order chi connectivity index (χ0) is 17.0. The molecule has 0 aliphatic carbocycles. The van der Waals surface area contributed by atoms with Gasteiger partial charge in [-0.3, -0.25) is 0 Å². The zero-order valence-electron chi connectivity index (χ0n) is 14.6. The Labute approximate surface area is 147 Å². The van der Waals surface area contributed by atoms with E-state index in [9.17, 15) is 0 Å². The molecular weight excluding hydrogens is 304 g/mol. The Kier molecular flexibility index (Phi) is 3.11. The van der Waals surface area contributed by atoms with Gasteiger partial charge in [-0.05, 0) is 75.8 Å². The first kappa shape index (κ1) is 14.5. The number of rotatable bonds is 1. The molecule has 0 fully saturated rings. The van der Waals surface area contributed by atoms with Crippen LogP contribution in [0.5, 0.6) is 5.75 Å². The first-order valence-electron chi connectivity index (χ1n) is 8.94. The van der Waals surface area contributed by atoms with E-state index in [1.54, 1.807) is 0 Å². The van der Waals surface area contributed by atoms with Crippen LogP contribution in [0, 0.1) is 6.92 Å². The third kappa shape index (κ3) is 2.31. The monoisotopic (exact) mass is 324 g/mol. The summed E-state index contributed by atoms with van der Waals surface area (Å²) in [7, 11) is 0. The van der Waals surface area contributed by atoms with Gasteiger partial charge in [-0.15, -0.1) is 0 Å². The number of aryl methyl sites for hydroxylation is 2. The Balaban J connectivity index is 1.76. The average Bonchev–Trinajstić information content (AvgIpc) is 2.64. The highest BCUT2D eigenvalue weighted by molar-refractivity contribution is 5.96. The molecule has 1 aliphatic heterocycles. The normalized spacial score (nSPS) is 12.7. The predicted molar refractivity (Wildman–Crippen MR) is 105 cm³/mol. The maximum absolute atomic E-state index is 6.11. The lowest BCUT2D eigenvalue weighted by Crippen LogP contribution is -2.05. The topological polar surface area (TPSA) is 9.23 Å². The van der Waals surface area contributed by atoms with E-state index in [-0.39, 0.29) is 0 Å². The summed E-state index contributed by atoms with van der Waals surface area (Å²) in [4.78, 5) is 0. The van der Waals surface area contributed by atoms with Crippen LogP contribution in [-0.4, -0.2) is 0 Å². The van der Waals surface area contributed by atoms with E-state index >= 15 is 0 Å². The molecule has 0 atom stereocenters. The van der Waals surface area contributed by atoms with Gasteiger partial charge in [0.1, 0.15) is 12.4 Å². The number of benzene rings is 4. The van der Waals surface area contributed by atoms with Gasteiger partial charge in [0, 0.05) is 5.56 Å². The van der Waals surface area contributed by atoms with Crippen molar-refractivity contribution in [3.63, 3.8) is 0 Å². The maximum Gasteiger partial charge on any atom is 0.128 e. The van der Waals surface area contributed by atoms with Crippen LogP contribution in [0.3, 0.4) is 0 Å². The molecule has 0 unspecified atom stereocenters. The van der Waals surface area contributed by atoms with Gasteiger partial charge in [0.2, 0.25) is 0 Å². The highest BCUT2D eigenvalue weighted by Crippen LogP contribution is 2.41. The third-order valence-corrected chi connectivity index (χ3v) is 5.30. The summed E-state index contributed by atoms with van der Waals surface area (Å²) in [6.45, 7) is 4.98. The van der Waals surface area contributed by atoms with Crippen molar-refractivity contribution in [2.24, 2.45) is 0 Å². The van der Waals surface area contributed by atoms with Crippen LogP contribution in [0.1, 0.15) is 23.6 Å². The molecule has 0 saturated heterocycles. The fourth-order valence-electron chi connectivity index (χ4n) is 3.87. The van der Waals surface area contributed by atoms with Gasteiger partial charge in [0.15, 0.2) is 0 Å². The zero-order valence-corrected chi connectivity index (χ0v) is 14.6. The van der Waals surface area contributed by atoms with Gasteiger partial charge in [-0.25, -0.2) is 0 Å². The second kappa shape index (κ2) is 5.35. The Morgan fingerprint density at radius 1 is 0.760 bits per heavy atom. The van der Waals surface area contributed by atoms with E-state index in [4.69, 9.17) is 4.74 Å². The van der Waals surface area contributed by atoms with Crippen molar-refractivity contribution in [2.45, 2.75) is 26.9 Å². The second-order valence-electron chi connectivity index (χ2n) is 7.03. The van der Waals surface area contributed by atoms with Gasteiger partial charge in [-0.2, -0.15) is 0 Å². The molecule has 5 rings (SSSR count). The van der Waals surface area contributed by atoms with Crippen LogP contribution in [0.2, 0.25) is 0 Å². The first-order valence-corrected chi connectivity index (χ1v) is 8.94. The Bertz CT molecular complexity index is 1140. The summed E-state index contributed by atoms with van der Waals surface area (Å²) >= 11 is 0. The Morgan fingerprint density at radius 3 is 2.36 bits per heavy atom. The Morgan fingerprint density at radius 2 is 1.52 bits per heavy atom. The molecule has 1 heterocycles. The molecule has 0 amide bonds. The molecule has 0 bridgehead atoms. The van der Waals surface area contributed by atoms with Crippen molar-refractivity contribution in [1.29, 1.82) is 0 Å². The summed E-state index contributed by atoms with van der Waals surface area (Å²) < 4.78 is 6.11. The molecule has 1 aliphatic rings. The van der Waals surface area contributed by atoms with E-state index in [1.165, 1.54) is 49.4 Å². The Hall–Kier alpha value is -2.80. The van der Waals surface area contributed by atoms with Gasteiger partial charge in [0.25, 0.3) is 0 Å². The van der Waals surface area contributed by atoms with E-state index < -0.39 is 0 Å². The second-order valence-corrected chi connectivity index (χ2v) is 7.03. The lowest BCUT2D eigenvalue weighted by Gasteiger charge is -2.22. The van der Waals surface area contributed by atoms with Gasteiger partial charge >= 0.3 is 0 Å². The lowest BCUT2D eigenvalue weighted by atomic mass is 9.91. The standard InChI is InChI=1S/C24H20O/c1-3-16-5-7-18-12-23-22-11-17-6-4-15(2)8-19(17)10-21(22)14-25-24(23)13-20(18)9-16/h4-13H,3,14H2,1-2H3. The molecule has 0 aromatic heterocycles. The van der Waals surface area contributed by atoms with Crippen molar-refractivity contribution in [3.8, 4) is 16.9 Å². The van der Waals surface area contributed by atoms with Crippen molar-refractivity contribution in [1.82, 2.24) is 0 Å². The largest absolute Gasteiger partial charge is 0.488 e. The van der Waals surface area contributed by atoms with Crippen LogP contribution < -0.4 is 4.74 Å². The predicted octanol–water partition coefficient (Wildman–Crippen LogP) is 6.42. The molecular formula is C24H20O. The summed E-state index contributed by atoms with van der Waals surface area (Å²) in [6, 6.07) is 22.5. The minimum absolute atomic E-state index is 0.644. The fraction of sp³-hybridized carbons (Fsp3) is 0.167. The van der Waals surface area contributed by atoms with Crippen LogP contribution in [0.25, 0.3) is 32.7 Å². The van der Waals surface area contributed by atoms with Crippen molar-refractivity contribution < 1.29 is 4.74 Å². The fourth-order valence-corrected chi connectivity index (χ4v) is 3.87. The molecule has 1 heteroatoms. The van der Waals surface area contributed by atoms with Gasteiger partial charge < -0.3 is 4.74 Å². The molecule has 25 heavy (non-hydrogen) atoms. The summed E-state index contributed by atoms with van der Waals surface area (Å²) in [5, 5.41) is 5.12. The number of ether oxygens (including phenoxy) is 1.